The zero-order valence-electron chi connectivity index (χ0n) is 13.2. The smallest absolute Gasteiger partial charge is 0.199 e. The van der Waals surface area contributed by atoms with Crippen molar-refractivity contribution in [2.75, 3.05) is 6.61 Å². The van der Waals surface area contributed by atoms with Crippen LogP contribution in [-0.4, -0.2) is 23.4 Å². The van der Waals surface area contributed by atoms with Crippen LogP contribution in [0.1, 0.15) is 56.8 Å². The Morgan fingerprint density at radius 1 is 1.33 bits per heavy atom. The summed E-state index contributed by atoms with van der Waals surface area (Å²) in [7, 11) is 0. The van der Waals surface area contributed by atoms with Gasteiger partial charge in [0, 0.05) is 18.5 Å². The third kappa shape index (κ3) is 3.74. The Morgan fingerprint density at radius 3 is 2.81 bits per heavy atom. The van der Waals surface area contributed by atoms with Crippen LogP contribution in [-0.2, 0) is 11.3 Å². The minimum absolute atomic E-state index is 0.0999. The van der Waals surface area contributed by atoms with Crippen molar-refractivity contribution < 1.29 is 9.47 Å². The van der Waals surface area contributed by atoms with Crippen molar-refractivity contribution in [3.8, 4) is 5.75 Å². The molecule has 1 N–H and O–H groups in total. The van der Waals surface area contributed by atoms with Gasteiger partial charge < -0.3 is 14.8 Å². The molecular formula is C17H26N2O2. The number of nitrogens with one attached hydrogen (secondary N) is 1. The van der Waals surface area contributed by atoms with Gasteiger partial charge in [-0.1, -0.05) is 0 Å². The average molecular weight is 290 g/mol. The summed E-state index contributed by atoms with van der Waals surface area (Å²) in [5.74, 6) is 0.848. The number of ether oxygens (including phenoxy) is 2. The van der Waals surface area contributed by atoms with Crippen molar-refractivity contribution >= 4 is 0 Å². The fraction of sp³-hybridized carbons (Fsp3) is 0.706. The normalized spacial score (nSPS) is 24.4. The van der Waals surface area contributed by atoms with E-state index in [2.05, 4.69) is 23.3 Å². The predicted molar refractivity (Wildman–Crippen MR) is 82.3 cm³/mol. The average Bonchev–Trinajstić information content (AvgIpc) is 2.47. The molecule has 2 heterocycles. The van der Waals surface area contributed by atoms with Gasteiger partial charge in [0.25, 0.3) is 0 Å². The van der Waals surface area contributed by atoms with Gasteiger partial charge >= 0.3 is 0 Å². The molecule has 0 amide bonds. The van der Waals surface area contributed by atoms with Gasteiger partial charge in [0.1, 0.15) is 5.75 Å². The number of rotatable bonds is 5. The summed E-state index contributed by atoms with van der Waals surface area (Å²) in [6.07, 6.45) is 7.07. The van der Waals surface area contributed by atoms with E-state index >= 15 is 0 Å². The van der Waals surface area contributed by atoms with E-state index in [-0.39, 0.29) is 6.29 Å². The Kier molecular flexibility index (Phi) is 4.45. The molecule has 0 radical (unpaired) electrons. The van der Waals surface area contributed by atoms with E-state index in [1.54, 1.807) is 0 Å². The topological polar surface area (TPSA) is 43.4 Å². The number of pyridine rings is 1. The van der Waals surface area contributed by atoms with E-state index in [1.165, 1.54) is 25.7 Å². The summed E-state index contributed by atoms with van der Waals surface area (Å²) in [6.45, 7) is 5.93. The van der Waals surface area contributed by atoms with E-state index in [0.29, 0.717) is 5.54 Å². The molecule has 1 aliphatic carbocycles. The standard InChI is InChI=1S/C17H26N2O2/c1-13-15(21-16-6-3-4-11-20-16)8-7-14(19-13)12-18-17(2)9-5-10-17/h7-8,16,18H,3-6,9-12H2,1-2H3. The first kappa shape index (κ1) is 14.8. The van der Waals surface area contributed by atoms with Gasteiger partial charge in [-0.05, 0) is 58.1 Å². The SMILES string of the molecule is Cc1nc(CNC2(C)CCC2)ccc1OC1CCCCO1. The largest absolute Gasteiger partial charge is 0.463 e. The zero-order chi connectivity index (χ0) is 14.7. The third-order valence-corrected chi connectivity index (χ3v) is 4.64. The third-order valence-electron chi connectivity index (χ3n) is 4.64. The molecular weight excluding hydrogens is 264 g/mol. The van der Waals surface area contributed by atoms with Crippen LogP contribution in [0.4, 0.5) is 0 Å². The summed E-state index contributed by atoms with van der Waals surface area (Å²) >= 11 is 0. The molecule has 1 aromatic rings. The van der Waals surface area contributed by atoms with Crippen LogP contribution in [0.3, 0.4) is 0 Å². The van der Waals surface area contributed by atoms with Gasteiger partial charge in [-0.3, -0.25) is 4.98 Å². The number of hydrogen-bond acceptors (Lipinski definition) is 4. The number of aromatic nitrogens is 1. The summed E-state index contributed by atoms with van der Waals surface area (Å²) in [5, 5.41) is 3.61. The summed E-state index contributed by atoms with van der Waals surface area (Å²) in [5.41, 5.74) is 2.35. The highest BCUT2D eigenvalue weighted by Gasteiger charge is 2.30. The van der Waals surface area contributed by atoms with Crippen molar-refractivity contribution in [1.29, 1.82) is 0 Å². The number of nitrogens with zero attached hydrogens (tertiary/aromatic N) is 1. The number of aryl methyl sites for hydroxylation is 1. The molecule has 0 bridgehead atoms. The lowest BCUT2D eigenvalue weighted by Gasteiger charge is -2.39. The van der Waals surface area contributed by atoms with Gasteiger partial charge in [-0.15, -0.1) is 0 Å². The lowest BCUT2D eigenvalue weighted by Crippen LogP contribution is -2.47. The monoisotopic (exact) mass is 290 g/mol. The first-order valence-corrected chi connectivity index (χ1v) is 8.14. The highest BCUT2D eigenvalue weighted by Crippen LogP contribution is 2.31. The van der Waals surface area contributed by atoms with E-state index in [9.17, 15) is 0 Å². The van der Waals surface area contributed by atoms with Gasteiger partial charge in [0.2, 0.25) is 0 Å². The molecule has 0 spiro atoms. The Morgan fingerprint density at radius 2 is 2.19 bits per heavy atom. The second-order valence-corrected chi connectivity index (χ2v) is 6.57. The summed E-state index contributed by atoms with van der Waals surface area (Å²) in [6, 6.07) is 4.08. The van der Waals surface area contributed by atoms with Crippen LogP contribution in [0.2, 0.25) is 0 Å². The Labute approximate surface area is 127 Å². The molecule has 1 saturated carbocycles. The highest BCUT2D eigenvalue weighted by atomic mass is 16.7. The molecule has 1 saturated heterocycles. The van der Waals surface area contributed by atoms with Crippen LogP contribution in [0.5, 0.6) is 5.75 Å². The van der Waals surface area contributed by atoms with Crippen molar-refractivity contribution in [2.45, 2.75) is 70.7 Å². The Bertz CT molecular complexity index is 480. The first-order valence-electron chi connectivity index (χ1n) is 8.14. The fourth-order valence-corrected chi connectivity index (χ4v) is 2.96. The van der Waals surface area contributed by atoms with Crippen LogP contribution in [0, 0.1) is 6.92 Å². The maximum absolute atomic E-state index is 5.91. The minimum Gasteiger partial charge on any atom is -0.463 e. The molecule has 3 rings (SSSR count). The van der Waals surface area contributed by atoms with E-state index < -0.39 is 0 Å². The fourth-order valence-electron chi connectivity index (χ4n) is 2.96. The second kappa shape index (κ2) is 6.32. The van der Waals surface area contributed by atoms with Gasteiger partial charge in [0.05, 0.1) is 18.0 Å². The van der Waals surface area contributed by atoms with Crippen LogP contribution < -0.4 is 10.1 Å². The molecule has 4 heteroatoms. The minimum atomic E-state index is -0.0999. The van der Waals surface area contributed by atoms with E-state index in [1.807, 2.05) is 13.0 Å². The summed E-state index contributed by atoms with van der Waals surface area (Å²) < 4.78 is 11.5. The number of hydrogen-bond donors (Lipinski definition) is 1. The Balaban J connectivity index is 1.56. The molecule has 0 aromatic carbocycles. The van der Waals surface area contributed by atoms with Gasteiger partial charge in [0.15, 0.2) is 6.29 Å². The molecule has 1 atom stereocenters. The molecule has 1 unspecified atom stereocenters. The van der Waals surface area contributed by atoms with Gasteiger partial charge in [-0.2, -0.15) is 0 Å². The first-order chi connectivity index (χ1) is 10.1. The maximum Gasteiger partial charge on any atom is 0.199 e. The second-order valence-electron chi connectivity index (χ2n) is 6.57. The van der Waals surface area contributed by atoms with Gasteiger partial charge in [-0.25, -0.2) is 0 Å². The zero-order valence-corrected chi connectivity index (χ0v) is 13.2. The molecule has 4 nitrogen and oxygen atoms in total. The molecule has 2 fully saturated rings. The van der Waals surface area contributed by atoms with Crippen molar-refractivity contribution in [3.63, 3.8) is 0 Å². The maximum atomic E-state index is 5.91. The predicted octanol–water partition coefficient (Wildman–Crippen LogP) is 3.33. The van der Waals surface area contributed by atoms with Crippen molar-refractivity contribution in [1.82, 2.24) is 10.3 Å². The van der Waals surface area contributed by atoms with Crippen LogP contribution in [0.15, 0.2) is 12.1 Å². The molecule has 1 aliphatic heterocycles. The quantitative estimate of drug-likeness (QED) is 0.903. The molecule has 1 aromatic heterocycles. The lowest BCUT2D eigenvalue weighted by molar-refractivity contribution is -0.106. The Hall–Kier alpha value is -1.13. The summed E-state index contributed by atoms with van der Waals surface area (Å²) in [4.78, 5) is 4.66. The highest BCUT2D eigenvalue weighted by molar-refractivity contribution is 5.28. The molecule has 21 heavy (non-hydrogen) atoms. The molecule has 2 aliphatic rings. The van der Waals surface area contributed by atoms with Crippen molar-refractivity contribution in [2.24, 2.45) is 0 Å². The molecule has 116 valence electrons. The van der Waals surface area contributed by atoms with Crippen molar-refractivity contribution in [3.05, 3.63) is 23.5 Å². The van der Waals surface area contributed by atoms with Crippen LogP contribution in [0.25, 0.3) is 0 Å². The van der Waals surface area contributed by atoms with E-state index in [0.717, 1.165) is 43.1 Å². The van der Waals surface area contributed by atoms with E-state index in [4.69, 9.17) is 9.47 Å². The van der Waals surface area contributed by atoms with Crippen LogP contribution >= 0.6 is 0 Å². The lowest BCUT2D eigenvalue weighted by atomic mass is 9.78.